The van der Waals surface area contributed by atoms with Crippen molar-refractivity contribution < 1.29 is 27.5 Å². The first-order valence-electron chi connectivity index (χ1n) is 10.9. The van der Waals surface area contributed by atoms with E-state index >= 15 is 0 Å². The van der Waals surface area contributed by atoms with Crippen LogP contribution in [0.1, 0.15) is 21.5 Å². The molecule has 0 radical (unpaired) electrons. The molecule has 0 amide bonds. The van der Waals surface area contributed by atoms with Gasteiger partial charge in [0, 0.05) is 11.9 Å². The Labute approximate surface area is 203 Å². The lowest BCUT2D eigenvalue weighted by Crippen LogP contribution is -2.05. The lowest BCUT2D eigenvalue weighted by Gasteiger charge is -2.12. The van der Waals surface area contributed by atoms with Crippen molar-refractivity contribution in [2.24, 2.45) is 0 Å². The second-order valence-electron chi connectivity index (χ2n) is 8.04. The molecule has 9 heteroatoms. The van der Waals surface area contributed by atoms with Crippen molar-refractivity contribution in [3.8, 4) is 22.7 Å². The highest BCUT2D eigenvalue weighted by Crippen LogP contribution is 2.33. The Morgan fingerprint density at radius 2 is 1.64 bits per heavy atom. The number of fused-ring (bicyclic) bond motifs is 1. The van der Waals surface area contributed by atoms with Crippen molar-refractivity contribution >= 4 is 22.7 Å². The van der Waals surface area contributed by atoms with Crippen LogP contribution in [0.2, 0.25) is 0 Å². The summed E-state index contributed by atoms with van der Waals surface area (Å²) in [6, 6.07) is 20.3. The largest absolute Gasteiger partial charge is 0.478 e. The van der Waals surface area contributed by atoms with Crippen molar-refractivity contribution in [3.05, 3.63) is 102 Å². The number of nitrogens with zero attached hydrogens (tertiary/aromatic N) is 2. The number of alkyl halides is 3. The molecular weight excluding hydrogens is 471 g/mol. The molecule has 0 bridgehead atoms. The molecule has 0 unspecified atom stereocenters. The number of hydrogen-bond acceptors (Lipinski definition) is 5. The maximum atomic E-state index is 12.9. The predicted octanol–water partition coefficient (Wildman–Crippen LogP) is 6.89. The van der Waals surface area contributed by atoms with Gasteiger partial charge >= 0.3 is 12.1 Å². The Balaban J connectivity index is 1.51. The SMILES string of the molecule is O=C(O)c1ccc(CNc2nc(-c3ccco3)nc3cc(-c4ccc(C(F)(F)F)cc4)ccc23)cc1. The van der Waals surface area contributed by atoms with Gasteiger partial charge in [0.05, 0.1) is 22.9 Å². The maximum Gasteiger partial charge on any atom is 0.416 e. The summed E-state index contributed by atoms with van der Waals surface area (Å²) < 4.78 is 44.3. The van der Waals surface area contributed by atoms with E-state index in [9.17, 15) is 18.0 Å². The van der Waals surface area contributed by atoms with Crippen molar-refractivity contribution in [2.75, 3.05) is 5.32 Å². The molecule has 36 heavy (non-hydrogen) atoms. The predicted molar refractivity (Wildman–Crippen MR) is 128 cm³/mol. The van der Waals surface area contributed by atoms with Crippen LogP contribution in [0.5, 0.6) is 0 Å². The van der Waals surface area contributed by atoms with Crippen LogP contribution in [0.3, 0.4) is 0 Å². The Bertz CT molecular complexity index is 1530. The van der Waals surface area contributed by atoms with Gasteiger partial charge in [0.2, 0.25) is 0 Å². The summed E-state index contributed by atoms with van der Waals surface area (Å²) in [6.45, 7) is 0.379. The lowest BCUT2D eigenvalue weighted by atomic mass is 10.0. The van der Waals surface area contributed by atoms with E-state index in [1.807, 2.05) is 6.07 Å². The summed E-state index contributed by atoms with van der Waals surface area (Å²) in [5.41, 5.74) is 2.25. The first-order valence-corrected chi connectivity index (χ1v) is 10.9. The minimum absolute atomic E-state index is 0.196. The van der Waals surface area contributed by atoms with Gasteiger partial charge in [-0.25, -0.2) is 14.8 Å². The zero-order valence-electron chi connectivity index (χ0n) is 18.6. The standard InChI is InChI=1S/C27H18F3N3O3/c28-27(29,30)20-10-7-17(8-11-20)19-9-12-21-22(14-19)32-25(23-2-1-13-36-23)33-24(21)31-15-16-3-5-18(6-4-16)26(34)35/h1-14H,15H2,(H,34,35)(H,31,32,33). The van der Waals surface area contributed by atoms with Gasteiger partial charge in [0.1, 0.15) is 5.82 Å². The van der Waals surface area contributed by atoms with Crippen LogP contribution in [0.25, 0.3) is 33.6 Å². The first kappa shape index (κ1) is 23.1. The number of anilines is 1. The molecule has 0 spiro atoms. The number of benzene rings is 3. The van der Waals surface area contributed by atoms with E-state index in [0.29, 0.717) is 46.0 Å². The van der Waals surface area contributed by atoms with Crippen molar-refractivity contribution in [1.82, 2.24) is 9.97 Å². The van der Waals surface area contributed by atoms with Gasteiger partial charge in [-0.3, -0.25) is 0 Å². The summed E-state index contributed by atoms with van der Waals surface area (Å²) in [7, 11) is 0. The molecular formula is C27H18F3N3O3. The molecule has 0 atom stereocenters. The molecule has 0 aliphatic rings. The first-order chi connectivity index (χ1) is 17.3. The summed E-state index contributed by atoms with van der Waals surface area (Å²) in [4.78, 5) is 20.3. The van der Waals surface area contributed by atoms with Crippen molar-refractivity contribution in [2.45, 2.75) is 12.7 Å². The van der Waals surface area contributed by atoms with E-state index in [0.717, 1.165) is 17.7 Å². The fourth-order valence-corrected chi connectivity index (χ4v) is 3.76. The number of carboxylic acid groups (broad SMARTS) is 1. The average molecular weight is 489 g/mol. The lowest BCUT2D eigenvalue weighted by molar-refractivity contribution is -0.137. The van der Waals surface area contributed by atoms with Gasteiger partial charge in [-0.2, -0.15) is 13.2 Å². The Morgan fingerprint density at radius 1 is 0.917 bits per heavy atom. The van der Waals surface area contributed by atoms with Crippen LogP contribution in [0.4, 0.5) is 19.0 Å². The van der Waals surface area contributed by atoms with E-state index in [2.05, 4.69) is 15.3 Å². The van der Waals surface area contributed by atoms with E-state index < -0.39 is 17.7 Å². The third-order valence-electron chi connectivity index (χ3n) is 5.64. The van der Waals surface area contributed by atoms with Crippen LogP contribution >= 0.6 is 0 Å². The highest BCUT2D eigenvalue weighted by atomic mass is 19.4. The molecule has 2 aromatic heterocycles. The van der Waals surface area contributed by atoms with Crippen LogP contribution in [0.15, 0.2) is 89.5 Å². The van der Waals surface area contributed by atoms with Gasteiger partial charge in [0.25, 0.3) is 0 Å². The smallest absolute Gasteiger partial charge is 0.416 e. The van der Waals surface area contributed by atoms with E-state index in [-0.39, 0.29) is 5.56 Å². The van der Waals surface area contributed by atoms with Gasteiger partial charge in [-0.1, -0.05) is 30.3 Å². The zero-order valence-corrected chi connectivity index (χ0v) is 18.6. The van der Waals surface area contributed by atoms with Crippen LogP contribution in [-0.2, 0) is 12.7 Å². The zero-order chi connectivity index (χ0) is 25.3. The second-order valence-corrected chi connectivity index (χ2v) is 8.04. The highest BCUT2D eigenvalue weighted by molar-refractivity contribution is 5.93. The van der Waals surface area contributed by atoms with E-state index in [1.165, 1.54) is 30.5 Å². The monoisotopic (exact) mass is 489 g/mol. The number of carbonyl (C=O) groups is 1. The Kier molecular flexibility index (Phi) is 5.89. The van der Waals surface area contributed by atoms with Crippen LogP contribution < -0.4 is 5.32 Å². The summed E-state index contributed by atoms with van der Waals surface area (Å²) in [5.74, 6) is 0.349. The molecule has 3 aromatic carbocycles. The fraction of sp³-hybridized carbons (Fsp3) is 0.0741. The minimum Gasteiger partial charge on any atom is -0.478 e. The quantitative estimate of drug-likeness (QED) is 0.270. The van der Waals surface area contributed by atoms with E-state index in [1.54, 1.807) is 36.4 Å². The van der Waals surface area contributed by atoms with Crippen LogP contribution in [-0.4, -0.2) is 21.0 Å². The molecule has 0 saturated carbocycles. The van der Waals surface area contributed by atoms with Gasteiger partial charge in [0.15, 0.2) is 11.6 Å². The number of halogens is 3. The Hall–Kier alpha value is -4.66. The number of carboxylic acids is 1. The number of hydrogen-bond donors (Lipinski definition) is 2. The van der Waals surface area contributed by atoms with Gasteiger partial charge in [-0.15, -0.1) is 0 Å². The highest BCUT2D eigenvalue weighted by Gasteiger charge is 2.30. The number of rotatable bonds is 6. The summed E-state index contributed by atoms with van der Waals surface area (Å²) in [5, 5.41) is 13.1. The molecule has 2 heterocycles. The third-order valence-corrected chi connectivity index (χ3v) is 5.64. The molecule has 5 rings (SSSR count). The molecule has 5 aromatic rings. The minimum atomic E-state index is -4.40. The van der Waals surface area contributed by atoms with Crippen LogP contribution in [0, 0.1) is 0 Å². The third kappa shape index (κ3) is 4.76. The Morgan fingerprint density at radius 3 is 2.28 bits per heavy atom. The second kappa shape index (κ2) is 9.18. The molecule has 180 valence electrons. The van der Waals surface area contributed by atoms with E-state index in [4.69, 9.17) is 9.52 Å². The number of aromatic carboxylic acids is 1. The fourth-order valence-electron chi connectivity index (χ4n) is 3.76. The average Bonchev–Trinajstić information content (AvgIpc) is 3.42. The molecule has 6 nitrogen and oxygen atoms in total. The summed E-state index contributed by atoms with van der Waals surface area (Å²) in [6.07, 6.45) is -2.89. The molecule has 0 saturated heterocycles. The number of nitrogens with one attached hydrogen (secondary N) is 1. The topological polar surface area (TPSA) is 88.2 Å². The molecule has 0 aliphatic carbocycles. The molecule has 0 aliphatic heterocycles. The number of aromatic nitrogens is 2. The van der Waals surface area contributed by atoms with Gasteiger partial charge < -0.3 is 14.8 Å². The molecule has 2 N–H and O–H groups in total. The summed E-state index contributed by atoms with van der Waals surface area (Å²) >= 11 is 0. The number of furan rings is 1. The van der Waals surface area contributed by atoms with Crippen molar-refractivity contribution in [1.29, 1.82) is 0 Å². The van der Waals surface area contributed by atoms with Crippen molar-refractivity contribution in [3.63, 3.8) is 0 Å². The normalized spacial score (nSPS) is 11.5. The maximum absolute atomic E-state index is 12.9. The molecule has 0 fully saturated rings. The van der Waals surface area contributed by atoms with Gasteiger partial charge in [-0.05, 0) is 65.2 Å².